The van der Waals surface area contributed by atoms with Gasteiger partial charge in [-0.2, -0.15) is 13.2 Å². The minimum absolute atomic E-state index is 0.158. The van der Waals surface area contributed by atoms with Crippen molar-refractivity contribution in [3.63, 3.8) is 0 Å². The van der Waals surface area contributed by atoms with Gasteiger partial charge >= 0.3 is 6.18 Å². The molecule has 7 heteroatoms. The summed E-state index contributed by atoms with van der Waals surface area (Å²) in [6.45, 7) is 0.975. The number of aliphatic imine (C=N–C) groups is 1. The number of ether oxygens (including phenoxy) is 1. The molecule has 0 heterocycles. The van der Waals surface area contributed by atoms with Crippen molar-refractivity contribution in [1.29, 1.82) is 0 Å². The molecular formula is C17H18F3N3O. The van der Waals surface area contributed by atoms with Crippen LogP contribution in [0.4, 0.5) is 18.9 Å². The van der Waals surface area contributed by atoms with Gasteiger partial charge in [-0.25, -0.2) is 4.99 Å². The zero-order valence-electron chi connectivity index (χ0n) is 13.1. The van der Waals surface area contributed by atoms with Crippen LogP contribution >= 0.6 is 0 Å². The summed E-state index contributed by atoms with van der Waals surface area (Å²) < 4.78 is 40.9. The summed E-state index contributed by atoms with van der Waals surface area (Å²) in [7, 11) is 0. The van der Waals surface area contributed by atoms with E-state index < -0.39 is 12.8 Å². The second-order valence-corrected chi connectivity index (χ2v) is 5.24. The maximum atomic E-state index is 12.1. The minimum Gasteiger partial charge on any atom is -0.484 e. The van der Waals surface area contributed by atoms with Gasteiger partial charge in [-0.15, -0.1) is 0 Å². The van der Waals surface area contributed by atoms with Gasteiger partial charge in [-0.3, -0.25) is 0 Å². The number of aryl methyl sites for hydroxylation is 1. The van der Waals surface area contributed by atoms with Crippen LogP contribution in [-0.2, 0) is 6.54 Å². The molecule has 0 fully saturated rings. The Hall–Kier alpha value is -2.70. The van der Waals surface area contributed by atoms with E-state index in [9.17, 15) is 13.2 Å². The van der Waals surface area contributed by atoms with Gasteiger partial charge < -0.3 is 15.8 Å². The van der Waals surface area contributed by atoms with E-state index in [1.807, 2.05) is 31.2 Å². The largest absolute Gasteiger partial charge is 0.484 e. The van der Waals surface area contributed by atoms with E-state index in [1.165, 1.54) is 12.1 Å². The Balaban J connectivity index is 1.89. The second-order valence-electron chi connectivity index (χ2n) is 5.24. The van der Waals surface area contributed by atoms with Crippen LogP contribution in [0.3, 0.4) is 0 Å². The van der Waals surface area contributed by atoms with E-state index in [1.54, 1.807) is 12.1 Å². The molecule has 0 bridgehead atoms. The monoisotopic (exact) mass is 337 g/mol. The number of nitrogens with two attached hydrogens (primary N) is 1. The van der Waals surface area contributed by atoms with E-state index in [0.717, 1.165) is 16.8 Å². The summed E-state index contributed by atoms with van der Waals surface area (Å²) in [5.41, 5.74) is 8.57. The highest BCUT2D eigenvalue weighted by Gasteiger charge is 2.28. The zero-order valence-corrected chi connectivity index (χ0v) is 13.1. The van der Waals surface area contributed by atoms with Gasteiger partial charge in [-0.05, 0) is 42.3 Å². The first-order chi connectivity index (χ1) is 11.3. The second kappa shape index (κ2) is 7.72. The first kappa shape index (κ1) is 17.7. The van der Waals surface area contributed by atoms with Crippen molar-refractivity contribution in [1.82, 2.24) is 0 Å². The zero-order chi connectivity index (χ0) is 17.6. The van der Waals surface area contributed by atoms with Crippen molar-refractivity contribution >= 4 is 11.6 Å². The molecule has 4 nitrogen and oxygen atoms in total. The molecule has 0 spiro atoms. The van der Waals surface area contributed by atoms with Crippen LogP contribution in [0.5, 0.6) is 5.75 Å². The summed E-state index contributed by atoms with van der Waals surface area (Å²) in [5.74, 6) is 0.420. The van der Waals surface area contributed by atoms with Crippen LogP contribution < -0.4 is 15.8 Å². The number of nitrogens with zero attached hydrogens (tertiary/aromatic N) is 1. The number of hydrogen-bond donors (Lipinski definition) is 2. The third-order valence-corrected chi connectivity index (χ3v) is 3.05. The Morgan fingerprint density at radius 3 is 2.50 bits per heavy atom. The molecule has 2 aromatic carbocycles. The molecule has 0 unspecified atom stereocenters. The van der Waals surface area contributed by atoms with Crippen LogP contribution in [0.1, 0.15) is 11.1 Å². The number of halogens is 3. The standard InChI is InChI=1S/C17H18F3N3O/c1-12-3-2-4-14(9-12)23-16(21)22-10-13-5-7-15(8-6-13)24-11-17(18,19)20/h2-9H,10-11H2,1H3,(H3,21,22,23). The number of guanidine groups is 1. The maximum absolute atomic E-state index is 12.1. The average molecular weight is 337 g/mol. The van der Waals surface area contributed by atoms with Gasteiger partial charge in [0.15, 0.2) is 12.6 Å². The Kier molecular flexibility index (Phi) is 5.68. The number of benzene rings is 2. The smallest absolute Gasteiger partial charge is 0.422 e. The third kappa shape index (κ3) is 6.20. The Morgan fingerprint density at radius 2 is 1.88 bits per heavy atom. The summed E-state index contributed by atoms with van der Waals surface area (Å²) in [6, 6.07) is 13.9. The van der Waals surface area contributed by atoms with E-state index in [0.29, 0.717) is 6.54 Å². The van der Waals surface area contributed by atoms with Crippen molar-refractivity contribution in [2.45, 2.75) is 19.6 Å². The predicted octanol–water partition coefficient (Wildman–Crippen LogP) is 3.86. The molecule has 3 N–H and O–H groups in total. The van der Waals surface area contributed by atoms with Crippen LogP contribution in [0.25, 0.3) is 0 Å². The molecule has 0 saturated heterocycles. The van der Waals surface area contributed by atoms with Gasteiger partial charge in [0.2, 0.25) is 0 Å². The highest BCUT2D eigenvalue weighted by Crippen LogP contribution is 2.19. The fourth-order valence-electron chi connectivity index (χ4n) is 1.94. The predicted molar refractivity (Wildman–Crippen MR) is 88.1 cm³/mol. The van der Waals surface area contributed by atoms with Crippen LogP contribution in [0, 0.1) is 6.92 Å². The van der Waals surface area contributed by atoms with Crippen molar-refractivity contribution in [3.05, 3.63) is 59.7 Å². The molecule has 0 aliphatic carbocycles. The lowest BCUT2D eigenvalue weighted by molar-refractivity contribution is -0.153. The van der Waals surface area contributed by atoms with Crippen LogP contribution in [-0.4, -0.2) is 18.7 Å². The van der Waals surface area contributed by atoms with E-state index in [2.05, 4.69) is 15.0 Å². The maximum Gasteiger partial charge on any atom is 0.422 e. The normalized spacial score (nSPS) is 12.1. The Bertz CT molecular complexity index is 697. The quantitative estimate of drug-likeness (QED) is 0.643. The van der Waals surface area contributed by atoms with E-state index in [4.69, 9.17) is 5.73 Å². The Morgan fingerprint density at radius 1 is 1.17 bits per heavy atom. The summed E-state index contributed by atoms with van der Waals surface area (Å²) in [5, 5.41) is 2.98. The first-order valence-corrected chi connectivity index (χ1v) is 7.24. The molecular weight excluding hydrogens is 319 g/mol. The Labute approximate surface area is 138 Å². The minimum atomic E-state index is -4.35. The first-order valence-electron chi connectivity index (χ1n) is 7.24. The number of nitrogens with one attached hydrogen (secondary N) is 1. The molecule has 0 aromatic heterocycles. The topological polar surface area (TPSA) is 59.6 Å². The van der Waals surface area contributed by atoms with Crippen LogP contribution in [0.15, 0.2) is 53.5 Å². The molecule has 0 radical (unpaired) electrons. The SMILES string of the molecule is Cc1cccc(NC(N)=NCc2ccc(OCC(F)(F)F)cc2)c1. The number of anilines is 1. The fourth-order valence-corrected chi connectivity index (χ4v) is 1.94. The summed E-state index contributed by atoms with van der Waals surface area (Å²) in [6.07, 6.45) is -4.35. The summed E-state index contributed by atoms with van der Waals surface area (Å²) in [4.78, 5) is 4.20. The van der Waals surface area contributed by atoms with Gasteiger partial charge in [0.05, 0.1) is 6.54 Å². The number of rotatable bonds is 5. The molecule has 24 heavy (non-hydrogen) atoms. The lowest BCUT2D eigenvalue weighted by atomic mass is 10.2. The third-order valence-electron chi connectivity index (χ3n) is 3.05. The average Bonchev–Trinajstić information content (AvgIpc) is 2.51. The van der Waals surface area contributed by atoms with Gasteiger partial charge in [0.1, 0.15) is 5.75 Å². The summed E-state index contributed by atoms with van der Waals surface area (Å²) >= 11 is 0. The lowest BCUT2D eigenvalue weighted by Crippen LogP contribution is -2.22. The van der Waals surface area contributed by atoms with E-state index in [-0.39, 0.29) is 11.7 Å². The molecule has 2 aromatic rings. The number of hydrogen-bond acceptors (Lipinski definition) is 2. The van der Waals surface area contributed by atoms with Crippen LogP contribution in [0.2, 0.25) is 0 Å². The highest BCUT2D eigenvalue weighted by molar-refractivity contribution is 5.92. The van der Waals surface area contributed by atoms with Crippen molar-refractivity contribution in [2.24, 2.45) is 10.7 Å². The number of alkyl halides is 3. The molecule has 2 rings (SSSR count). The molecule has 0 aliphatic rings. The van der Waals surface area contributed by atoms with Gasteiger partial charge in [0, 0.05) is 5.69 Å². The molecule has 0 atom stereocenters. The van der Waals surface area contributed by atoms with Gasteiger partial charge in [0.25, 0.3) is 0 Å². The molecule has 0 aliphatic heterocycles. The molecule has 0 amide bonds. The fraction of sp³-hybridized carbons (Fsp3) is 0.235. The van der Waals surface area contributed by atoms with Crippen molar-refractivity contribution in [3.8, 4) is 5.75 Å². The van der Waals surface area contributed by atoms with E-state index >= 15 is 0 Å². The molecule has 128 valence electrons. The van der Waals surface area contributed by atoms with Gasteiger partial charge in [-0.1, -0.05) is 24.3 Å². The van der Waals surface area contributed by atoms with Crippen molar-refractivity contribution in [2.75, 3.05) is 11.9 Å². The lowest BCUT2D eigenvalue weighted by Gasteiger charge is -2.09. The van der Waals surface area contributed by atoms with Crippen molar-refractivity contribution < 1.29 is 17.9 Å². The molecule has 0 saturated carbocycles. The highest BCUT2D eigenvalue weighted by atomic mass is 19.4.